The predicted octanol–water partition coefficient (Wildman–Crippen LogP) is 4.29. The van der Waals surface area contributed by atoms with Crippen LogP contribution < -0.4 is 14.4 Å². The van der Waals surface area contributed by atoms with Gasteiger partial charge in [0.15, 0.2) is 0 Å². The van der Waals surface area contributed by atoms with Gasteiger partial charge in [-0.25, -0.2) is 8.42 Å². The lowest BCUT2D eigenvalue weighted by Gasteiger charge is -2.24. The molecule has 0 unspecified atom stereocenters. The topological polar surface area (TPSA) is 75.7 Å². The minimum absolute atomic E-state index is 0.110. The molecule has 3 rings (SSSR count). The molecule has 0 heterocycles. The van der Waals surface area contributed by atoms with Crippen molar-refractivity contribution in [3.63, 3.8) is 0 Å². The Morgan fingerprint density at radius 1 is 1.00 bits per heavy atom. The number of benzene rings is 3. The van der Waals surface area contributed by atoms with Gasteiger partial charge in [0.25, 0.3) is 10.0 Å². The number of aryl methyl sites for hydroxylation is 1. The van der Waals surface area contributed by atoms with Crippen LogP contribution in [-0.2, 0) is 21.2 Å². The van der Waals surface area contributed by atoms with Gasteiger partial charge >= 0.3 is 0 Å². The molecule has 0 fully saturated rings. The van der Waals surface area contributed by atoms with Gasteiger partial charge in [-0.1, -0.05) is 48.0 Å². The van der Waals surface area contributed by atoms with E-state index in [4.69, 9.17) is 16.3 Å². The van der Waals surface area contributed by atoms with Crippen molar-refractivity contribution >= 4 is 33.2 Å². The minimum Gasteiger partial charge on any atom is -0.497 e. The number of nitrogens with zero attached hydrogens (tertiary/aromatic N) is 1. The monoisotopic (exact) mass is 472 g/mol. The largest absolute Gasteiger partial charge is 0.497 e. The lowest BCUT2D eigenvalue weighted by Crippen LogP contribution is -2.41. The van der Waals surface area contributed by atoms with Gasteiger partial charge in [-0.15, -0.1) is 0 Å². The van der Waals surface area contributed by atoms with Gasteiger partial charge < -0.3 is 10.1 Å². The second kappa shape index (κ2) is 11.0. The fourth-order valence-corrected chi connectivity index (χ4v) is 4.72. The van der Waals surface area contributed by atoms with Crippen molar-refractivity contribution in [2.45, 2.75) is 17.7 Å². The van der Waals surface area contributed by atoms with Crippen LogP contribution in [0.25, 0.3) is 0 Å². The molecule has 1 amide bonds. The average Bonchev–Trinajstić information content (AvgIpc) is 2.82. The molecule has 8 heteroatoms. The fraction of sp³-hybridized carbons (Fsp3) is 0.208. The molecule has 0 aliphatic carbocycles. The summed E-state index contributed by atoms with van der Waals surface area (Å²) in [6.07, 6.45) is 1.50. The van der Waals surface area contributed by atoms with Crippen LogP contribution >= 0.6 is 11.6 Å². The van der Waals surface area contributed by atoms with E-state index in [1.807, 2.05) is 24.3 Å². The van der Waals surface area contributed by atoms with Crippen molar-refractivity contribution in [2.24, 2.45) is 0 Å². The van der Waals surface area contributed by atoms with E-state index < -0.39 is 10.0 Å². The first kappa shape index (κ1) is 23.6. The molecule has 0 atom stereocenters. The molecule has 0 spiro atoms. The first-order chi connectivity index (χ1) is 15.4. The standard InChI is InChI=1S/C24H25ClN2O4S/c1-31-22-9-5-8-21(17-22)27(32(29,30)23-10-3-2-4-11-23)18-24(28)26-16-6-7-19-12-14-20(25)15-13-19/h2-5,8-15,17H,6-7,16,18H2,1H3,(H,26,28). The van der Waals surface area contributed by atoms with Crippen molar-refractivity contribution in [3.8, 4) is 5.75 Å². The predicted molar refractivity (Wildman–Crippen MR) is 127 cm³/mol. The van der Waals surface area contributed by atoms with E-state index in [2.05, 4.69) is 5.32 Å². The molecule has 3 aromatic carbocycles. The molecule has 0 saturated heterocycles. The quantitative estimate of drug-likeness (QED) is 0.446. The third-order valence-corrected chi connectivity index (χ3v) is 6.88. The molecule has 0 aliphatic heterocycles. The fourth-order valence-electron chi connectivity index (χ4n) is 3.16. The molecular formula is C24H25ClN2O4S. The maximum atomic E-state index is 13.3. The highest BCUT2D eigenvalue weighted by Crippen LogP contribution is 2.26. The first-order valence-corrected chi connectivity index (χ1v) is 11.9. The maximum Gasteiger partial charge on any atom is 0.264 e. The van der Waals surface area contributed by atoms with Gasteiger partial charge in [-0.2, -0.15) is 0 Å². The summed E-state index contributed by atoms with van der Waals surface area (Å²) in [6.45, 7) is 0.0874. The highest BCUT2D eigenvalue weighted by atomic mass is 35.5. The average molecular weight is 473 g/mol. The highest BCUT2D eigenvalue weighted by molar-refractivity contribution is 7.92. The lowest BCUT2D eigenvalue weighted by molar-refractivity contribution is -0.119. The van der Waals surface area contributed by atoms with E-state index in [9.17, 15) is 13.2 Å². The van der Waals surface area contributed by atoms with Crippen LogP contribution in [-0.4, -0.2) is 34.5 Å². The van der Waals surface area contributed by atoms with Crippen molar-refractivity contribution < 1.29 is 17.9 Å². The number of hydrogen-bond donors (Lipinski definition) is 1. The van der Waals surface area contributed by atoms with Gasteiger partial charge in [0.05, 0.1) is 17.7 Å². The van der Waals surface area contributed by atoms with Crippen LogP contribution in [0.1, 0.15) is 12.0 Å². The highest BCUT2D eigenvalue weighted by Gasteiger charge is 2.27. The first-order valence-electron chi connectivity index (χ1n) is 10.1. The number of rotatable bonds is 10. The molecule has 0 saturated carbocycles. The van der Waals surface area contributed by atoms with E-state index in [-0.39, 0.29) is 17.3 Å². The Bertz CT molecular complexity index is 1140. The van der Waals surface area contributed by atoms with Crippen LogP contribution in [0.4, 0.5) is 5.69 Å². The summed E-state index contributed by atoms with van der Waals surface area (Å²) in [5, 5.41) is 3.49. The van der Waals surface area contributed by atoms with E-state index in [0.717, 1.165) is 22.7 Å². The molecule has 3 aromatic rings. The third kappa shape index (κ3) is 6.24. The van der Waals surface area contributed by atoms with Crippen molar-refractivity contribution in [3.05, 3.63) is 89.4 Å². The lowest BCUT2D eigenvalue weighted by atomic mass is 10.1. The Labute approximate surface area is 193 Å². The van der Waals surface area contributed by atoms with E-state index in [1.54, 1.807) is 42.5 Å². The number of amides is 1. The van der Waals surface area contributed by atoms with Crippen LogP contribution in [0.2, 0.25) is 5.02 Å². The maximum absolute atomic E-state index is 13.3. The van der Waals surface area contributed by atoms with E-state index >= 15 is 0 Å². The Balaban J connectivity index is 1.70. The molecule has 0 radical (unpaired) electrons. The number of hydrogen-bond acceptors (Lipinski definition) is 4. The minimum atomic E-state index is -3.95. The van der Waals surface area contributed by atoms with Gasteiger partial charge in [0.2, 0.25) is 5.91 Å². The number of carbonyl (C=O) groups is 1. The Morgan fingerprint density at radius 3 is 2.41 bits per heavy atom. The van der Waals surface area contributed by atoms with Crippen LogP contribution in [0.3, 0.4) is 0 Å². The molecule has 32 heavy (non-hydrogen) atoms. The summed E-state index contributed by atoms with van der Waals surface area (Å²) in [5.74, 6) is 0.113. The van der Waals surface area contributed by atoms with Crippen molar-refractivity contribution in [2.75, 3.05) is 24.5 Å². The number of carbonyl (C=O) groups excluding carboxylic acids is 1. The summed E-state index contributed by atoms with van der Waals surface area (Å²) < 4.78 is 32.9. The van der Waals surface area contributed by atoms with Gasteiger partial charge in [0, 0.05) is 17.6 Å². The number of methoxy groups -OCH3 is 1. The van der Waals surface area contributed by atoms with E-state index in [0.29, 0.717) is 23.0 Å². The smallest absolute Gasteiger partial charge is 0.264 e. The Hall–Kier alpha value is -3.03. The zero-order valence-corrected chi connectivity index (χ0v) is 19.3. The molecule has 1 N–H and O–H groups in total. The summed E-state index contributed by atoms with van der Waals surface area (Å²) in [7, 11) is -2.44. The number of ether oxygens (including phenoxy) is 1. The Morgan fingerprint density at radius 2 is 1.72 bits per heavy atom. The van der Waals surface area contributed by atoms with Crippen LogP contribution in [0.5, 0.6) is 5.75 Å². The summed E-state index contributed by atoms with van der Waals surface area (Å²) in [4.78, 5) is 12.8. The van der Waals surface area contributed by atoms with Gasteiger partial charge in [-0.05, 0) is 54.8 Å². The summed E-state index contributed by atoms with van der Waals surface area (Å²) in [5.41, 5.74) is 1.47. The molecular weight excluding hydrogens is 448 g/mol. The summed E-state index contributed by atoms with van der Waals surface area (Å²) >= 11 is 5.89. The van der Waals surface area contributed by atoms with Crippen LogP contribution in [0, 0.1) is 0 Å². The molecule has 168 valence electrons. The zero-order chi connectivity index (χ0) is 23.0. The number of nitrogens with one attached hydrogen (secondary N) is 1. The third-order valence-electron chi connectivity index (χ3n) is 4.84. The molecule has 0 aromatic heterocycles. The summed E-state index contributed by atoms with van der Waals surface area (Å²) in [6, 6.07) is 22.2. The Kier molecular flexibility index (Phi) is 8.14. The number of halogens is 1. The van der Waals surface area contributed by atoms with Gasteiger partial charge in [-0.3, -0.25) is 9.10 Å². The van der Waals surface area contributed by atoms with Crippen molar-refractivity contribution in [1.29, 1.82) is 0 Å². The van der Waals surface area contributed by atoms with Crippen molar-refractivity contribution in [1.82, 2.24) is 5.32 Å². The number of anilines is 1. The zero-order valence-electron chi connectivity index (χ0n) is 17.7. The normalized spacial score (nSPS) is 11.1. The second-order valence-corrected chi connectivity index (χ2v) is 9.40. The SMILES string of the molecule is COc1cccc(N(CC(=O)NCCCc2ccc(Cl)cc2)S(=O)(=O)c2ccccc2)c1. The molecule has 0 bridgehead atoms. The molecule has 0 aliphatic rings. The second-order valence-electron chi connectivity index (χ2n) is 7.11. The van der Waals surface area contributed by atoms with E-state index in [1.165, 1.54) is 19.2 Å². The number of sulfonamides is 1. The molecule has 6 nitrogen and oxygen atoms in total. The van der Waals surface area contributed by atoms with Crippen LogP contribution in [0.15, 0.2) is 83.8 Å². The van der Waals surface area contributed by atoms with Gasteiger partial charge in [0.1, 0.15) is 12.3 Å².